The summed E-state index contributed by atoms with van der Waals surface area (Å²) in [5.41, 5.74) is 3.09. The first kappa shape index (κ1) is 13.4. The molecule has 5 heteroatoms. The molecule has 0 bridgehead atoms. The van der Waals surface area contributed by atoms with Gasteiger partial charge in [0.2, 0.25) is 0 Å². The highest BCUT2D eigenvalue weighted by molar-refractivity contribution is 5.94. The molecular formula is C12H20N4O. The Morgan fingerprint density at radius 2 is 2.18 bits per heavy atom. The molecule has 1 rings (SSSR count). The number of hydrazine groups is 1. The van der Waals surface area contributed by atoms with Crippen LogP contribution in [0.3, 0.4) is 0 Å². The lowest BCUT2D eigenvalue weighted by molar-refractivity contribution is 0.0745. The first-order valence-electron chi connectivity index (χ1n) is 5.51. The molecule has 0 unspecified atom stereocenters. The maximum absolute atomic E-state index is 12.1. The molecule has 17 heavy (non-hydrogen) atoms. The van der Waals surface area contributed by atoms with Crippen molar-refractivity contribution in [2.75, 3.05) is 19.0 Å². The molecule has 3 N–H and O–H groups in total. The molecule has 5 nitrogen and oxygen atoms in total. The van der Waals surface area contributed by atoms with Gasteiger partial charge in [-0.2, -0.15) is 0 Å². The Kier molecular flexibility index (Phi) is 4.07. The van der Waals surface area contributed by atoms with Crippen LogP contribution in [0.25, 0.3) is 0 Å². The minimum Gasteiger partial charge on any atom is -0.341 e. The number of hydrogen-bond acceptors (Lipinski definition) is 4. The number of hydrogen-bond donors (Lipinski definition) is 2. The van der Waals surface area contributed by atoms with Crippen molar-refractivity contribution in [3.63, 3.8) is 0 Å². The highest BCUT2D eigenvalue weighted by Gasteiger charge is 2.19. The zero-order valence-electron chi connectivity index (χ0n) is 10.8. The predicted octanol–water partition coefficient (Wildman–Crippen LogP) is 1.49. The van der Waals surface area contributed by atoms with E-state index in [-0.39, 0.29) is 11.3 Å². The molecule has 0 aliphatic heterocycles. The Balaban J connectivity index is 2.81. The number of nitrogen functional groups attached to an aromatic ring is 1. The van der Waals surface area contributed by atoms with Crippen molar-refractivity contribution in [3.05, 3.63) is 23.9 Å². The van der Waals surface area contributed by atoms with Gasteiger partial charge in [-0.05, 0) is 17.5 Å². The molecule has 0 saturated heterocycles. The monoisotopic (exact) mass is 236 g/mol. The zero-order chi connectivity index (χ0) is 13.1. The van der Waals surface area contributed by atoms with Crippen molar-refractivity contribution >= 4 is 11.7 Å². The van der Waals surface area contributed by atoms with Crippen molar-refractivity contribution in [1.82, 2.24) is 9.88 Å². The van der Waals surface area contributed by atoms with Gasteiger partial charge in [-0.15, -0.1) is 0 Å². The van der Waals surface area contributed by atoms with Gasteiger partial charge in [-0.3, -0.25) is 4.79 Å². The van der Waals surface area contributed by atoms with Gasteiger partial charge < -0.3 is 10.3 Å². The van der Waals surface area contributed by atoms with Crippen molar-refractivity contribution in [2.45, 2.75) is 20.8 Å². The number of rotatable bonds is 3. The number of nitrogens with zero attached hydrogens (tertiary/aromatic N) is 2. The Bertz CT molecular complexity index is 398. The van der Waals surface area contributed by atoms with Gasteiger partial charge in [0.1, 0.15) is 5.82 Å². The molecule has 0 fully saturated rings. The average molecular weight is 236 g/mol. The Morgan fingerprint density at radius 3 is 2.71 bits per heavy atom. The van der Waals surface area contributed by atoms with E-state index >= 15 is 0 Å². The largest absolute Gasteiger partial charge is 0.341 e. The second-order valence-corrected chi connectivity index (χ2v) is 5.30. The minimum atomic E-state index is -0.0289. The number of carbonyl (C=O) groups excluding carboxylic acids is 1. The van der Waals surface area contributed by atoms with E-state index in [1.165, 1.54) is 0 Å². The molecule has 0 aliphatic rings. The van der Waals surface area contributed by atoms with Gasteiger partial charge in [0.05, 0.1) is 0 Å². The van der Waals surface area contributed by atoms with Crippen LogP contribution in [0.4, 0.5) is 5.82 Å². The van der Waals surface area contributed by atoms with Crippen molar-refractivity contribution in [3.8, 4) is 0 Å². The van der Waals surface area contributed by atoms with Crippen LogP contribution in [0.15, 0.2) is 18.3 Å². The van der Waals surface area contributed by atoms with E-state index in [0.717, 1.165) is 0 Å². The first-order chi connectivity index (χ1) is 7.83. The van der Waals surface area contributed by atoms with Crippen molar-refractivity contribution < 1.29 is 4.79 Å². The summed E-state index contributed by atoms with van der Waals surface area (Å²) in [6.07, 6.45) is 1.56. The maximum Gasteiger partial charge on any atom is 0.253 e. The number of carbonyl (C=O) groups is 1. The van der Waals surface area contributed by atoms with E-state index < -0.39 is 0 Å². The summed E-state index contributed by atoms with van der Waals surface area (Å²) in [7, 11) is 1.80. The number of nitrogens with one attached hydrogen (secondary N) is 1. The van der Waals surface area contributed by atoms with Crippen LogP contribution in [0, 0.1) is 5.41 Å². The molecule has 0 saturated carbocycles. The smallest absolute Gasteiger partial charge is 0.253 e. The minimum absolute atomic E-state index is 0.0289. The lowest BCUT2D eigenvalue weighted by Crippen LogP contribution is -2.34. The Hall–Kier alpha value is -1.62. The van der Waals surface area contributed by atoms with E-state index in [2.05, 4.69) is 31.2 Å². The van der Waals surface area contributed by atoms with Gasteiger partial charge in [-0.25, -0.2) is 10.8 Å². The number of anilines is 1. The van der Waals surface area contributed by atoms with E-state index in [1.807, 2.05) is 0 Å². The third-order valence-electron chi connectivity index (χ3n) is 2.21. The van der Waals surface area contributed by atoms with Crippen LogP contribution in [0.5, 0.6) is 0 Å². The zero-order valence-corrected chi connectivity index (χ0v) is 10.8. The summed E-state index contributed by atoms with van der Waals surface area (Å²) < 4.78 is 0. The molecule has 1 amide bonds. The van der Waals surface area contributed by atoms with E-state index in [4.69, 9.17) is 5.84 Å². The third kappa shape index (κ3) is 4.03. The summed E-state index contributed by atoms with van der Waals surface area (Å²) in [6.45, 7) is 6.97. The third-order valence-corrected chi connectivity index (χ3v) is 2.21. The second-order valence-electron chi connectivity index (χ2n) is 5.30. The number of amides is 1. The summed E-state index contributed by atoms with van der Waals surface area (Å²) in [5.74, 6) is 5.72. The molecule has 1 aromatic rings. The van der Waals surface area contributed by atoms with Gasteiger partial charge in [0.15, 0.2) is 0 Å². The molecule has 0 spiro atoms. The van der Waals surface area contributed by atoms with Gasteiger partial charge in [-0.1, -0.05) is 20.8 Å². The number of nitrogens with two attached hydrogens (primary N) is 1. The molecule has 0 aliphatic carbocycles. The van der Waals surface area contributed by atoms with Crippen LogP contribution < -0.4 is 11.3 Å². The number of pyridine rings is 1. The van der Waals surface area contributed by atoms with E-state index in [1.54, 1.807) is 30.3 Å². The van der Waals surface area contributed by atoms with E-state index in [0.29, 0.717) is 17.9 Å². The molecule has 0 radical (unpaired) electrons. The molecule has 0 atom stereocenters. The average Bonchev–Trinajstić information content (AvgIpc) is 2.26. The van der Waals surface area contributed by atoms with Gasteiger partial charge in [0.25, 0.3) is 5.91 Å². The first-order valence-corrected chi connectivity index (χ1v) is 5.51. The fourth-order valence-corrected chi connectivity index (χ4v) is 1.65. The quantitative estimate of drug-likeness (QED) is 0.616. The standard InChI is InChI=1S/C12H20N4O/c1-12(2,3)8-16(4)11(17)9-5-6-14-10(7-9)15-13/h5-7H,8,13H2,1-4H3,(H,14,15). The van der Waals surface area contributed by atoms with Crippen LogP contribution in [0.2, 0.25) is 0 Å². The van der Waals surface area contributed by atoms with Crippen molar-refractivity contribution in [2.24, 2.45) is 11.3 Å². The van der Waals surface area contributed by atoms with Crippen LogP contribution in [0.1, 0.15) is 31.1 Å². The predicted molar refractivity (Wildman–Crippen MR) is 68.5 cm³/mol. The topological polar surface area (TPSA) is 71.2 Å². The van der Waals surface area contributed by atoms with Crippen LogP contribution in [-0.4, -0.2) is 29.4 Å². The Morgan fingerprint density at radius 1 is 1.53 bits per heavy atom. The fraction of sp³-hybridized carbons (Fsp3) is 0.500. The summed E-state index contributed by atoms with van der Waals surface area (Å²) in [4.78, 5) is 17.8. The van der Waals surface area contributed by atoms with Crippen LogP contribution in [-0.2, 0) is 0 Å². The second kappa shape index (κ2) is 5.14. The fourth-order valence-electron chi connectivity index (χ4n) is 1.65. The summed E-state index contributed by atoms with van der Waals surface area (Å²) in [5, 5.41) is 0. The summed E-state index contributed by atoms with van der Waals surface area (Å²) in [6, 6.07) is 3.32. The van der Waals surface area contributed by atoms with E-state index in [9.17, 15) is 4.79 Å². The highest BCUT2D eigenvalue weighted by Crippen LogP contribution is 2.16. The molecular weight excluding hydrogens is 216 g/mol. The Labute approximate surface area is 102 Å². The SMILES string of the molecule is CN(CC(C)(C)C)C(=O)c1ccnc(NN)c1. The van der Waals surface area contributed by atoms with Gasteiger partial charge >= 0.3 is 0 Å². The van der Waals surface area contributed by atoms with Gasteiger partial charge in [0, 0.05) is 25.4 Å². The lowest BCUT2D eigenvalue weighted by Gasteiger charge is -2.26. The maximum atomic E-state index is 12.1. The normalized spacial score (nSPS) is 11.1. The molecule has 1 aromatic heterocycles. The highest BCUT2D eigenvalue weighted by atomic mass is 16.2. The summed E-state index contributed by atoms with van der Waals surface area (Å²) >= 11 is 0. The molecule has 94 valence electrons. The lowest BCUT2D eigenvalue weighted by atomic mass is 9.96. The molecule has 1 heterocycles. The molecule has 0 aromatic carbocycles. The number of aromatic nitrogens is 1. The van der Waals surface area contributed by atoms with Crippen molar-refractivity contribution in [1.29, 1.82) is 0 Å². The van der Waals surface area contributed by atoms with Crippen LogP contribution >= 0.6 is 0 Å².